The third kappa shape index (κ3) is 2.66. The van der Waals surface area contributed by atoms with E-state index in [1.165, 1.54) is 17.1 Å². The standard InChI is InChI=1S/C13H12N2O2/c1-10-4-5-11(9-14-10)3-2-8-15-12(16)6-7-13(15)17/h2-7,9H,8H2,1H3/b3-2+. The summed E-state index contributed by atoms with van der Waals surface area (Å²) in [6, 6.07) is 3.85. The number of hydrogen-bond donors (Lipinski definition) is 0. The fourth-order valence-electron chi connectivity index (χ4n) is 1.48. The maximum Gasteiger partial charge on any atom is 0.253 e. The Kier molecular flexibility index (Phi) is 3.14. The van der Waals surface area contributed by atoms with Gasteiger partial charge in [-0.25, -0.2) is 0 Å². The molecule has 0 saturated heterocycles. The molecule has 4 nitrogen and oxygen atoms in total. The number of carbonyl (C=O) groups is 2. The fraction of sp³-hybridized carbons (Fsp3) is 0.154. The van der Waals surface area contributed by atoms with Crippen molar-refractivity contribution in [1.29, 1.82) is 0 Å². The molecule has 2 heterocycles. The number of pyridine rings is 1. The Morgan fingerprint density at radius 3 is 2.53 bits per heavy atom. The smallest absolute Gasteiger partial charge is 0.253 e. The predicted molar refractivity (Wildman–Crippen MR) is 63.9 cm³/mol. The van der Waals surface area contributed by atoms with Crippen LogP contribution < -0.4 is 0 Å². The van der Waals surface area contributed by atoms with E-state index in [0.29, 0.717) is 6.54 Å². The topological polar surface area (TPSA) is 50.3 Å². The van der Waals surface area contributed by atoms with Crippen LogP contribution in [0.4, 0.5) is 0 Å². The van der Waals surface area contributed by atoms with Gasteiger partial charge in [0.25, 0.3) is 11.8 Å². The number of amides is 2. The van der Waals surface area contributed by atoms with E-state index in [4.69, 9.17) is 0 Å². The molecule has 0 unspecified atom stereocenters. The molecule has 1 aromatic rings. The average Bonchev–Trinajstić information content (AvgIpc) is 2.63. The molecule has 0 atom stereocenters. The summed E-state index contributed by atoms with van der Waals surface area (Å²) in [5.74, 6) is -0.525. The van der Waals surface area contributed by atoms with Gasteiger partial charge in [0.1, 0.15) is 0 Å². The Balaban J connectivity index is 1.96. The molecule has 2 rings (SSSR count). The molecule has 2 amide bonds. The molecule has 0 radical (unpaired) electrons. The molecule has 0 bridgehead atoms. The van der Waals surface area contributed by atoms with Crippen LogP contribution in [0.1, 0.15) is 11.3 Å². The summed E-state index contributed by atoms with van der Waals surface area (Å²) in [5, 5.41) is 0. The number of rotatable bonds is 3. The monoisotopic (exact) mass is 228 g/mol. The first-order valence-electron chi connectivity index (χ1n) is 5.29. The largest absolute Gasteiger partial charge is 0.272 e. The van der Waals surface area contributed by atoms with Crippen LogP contribution in [0.5, 0.6) is 0 Å². The lowest BCUT2D eigenvalue weighted by atomic mass is 10.2. The van der Waals surface area contributed by atoms with Crippen molar-refractivity contribution in [2.45, 2.75) is 6.92 Å². The summed E-state index contributed by atoms with van der Waals surface area (Å²) in [6.45, 7) is 2.21. The van der Waals surface area contributed by atoms with Gasteiger partial charge in [0.15, 0.2) is 0 Å². The van der Waals surface area contributed by atoms with Crippen LogP contribution in [-0.4, -0.2) is 28.2 Å². The lowest BCUT2D eigenvalue weighted by molar-refractivity contribution is -0.136. The Labute approximate surface area is 99.3 Å². The first-order valence-corrected chi connectivity index (χ1v) is 5.29. The average molecular weight is 228 g/mol. The zero-order valence-electron chi connectivity index (χ0n) is 9.46. The highest BCUT2D eigenvalue weighted by molar-refractivity contribution is 6.13. The highest BCUT2D eigenvalue weighted by Gasteiger charge is 2.21. The van der Waals surface area contributed by atoms with E-state index in [0.717, 1.165) is 11.3 Å². The molecule has 86 valence electrons. The van der Waals surface area contributed by atoms with Crippen molar-refractivity contribution in [2.75, 3.05) is 6.54 Å². The van der Waals surface area contributed by atoms with Gasteiger partial charge in [-0.1, -0.05) is 18.2 Å². The molecule has 1 aliphatic heterocycles. The van der Waals surface area contributed by atoms with Gasteiger partial charge in [0.05, 0.1) is 0 Å². The molecule has 4 heteroatoms. The molecular formula is C13H12N2O2. The van der Waals surface area contributed by atoms with Crippen molar-refractivity contribution in [1.82, 2.24) is 9.88 Å². The first kappa shape index (κ1) is 11.3. The Morgan fingerprint density at radius 1 is 1.24 bits per heavy atom. The van der Waals surface area contributed by atoms with E-state index < -0.39 is 0 Å². The second-order valence-corrected chi connectivity index (χ2v) is 3.76. The van der Waals surface area contributed by atoms with Crippen molar-refractivity contribution in [3.63, 3.8) is 0 Å². The van der Waals surface area contributed by atoms with Gasteiger partial charge in [-0.2, -0.15) is 0 Å². The van der Waals surface area contributed by atoms with E-state index in [1.54, 1.807) is 12.3 Å². The van der Waals surface area contributed by atoms with Crippen molar-refractivity contribution in [3.8, 4) is 0 Å². The predicted octanol–water partition coefficient (Wildman–Crippen LogP) is 1.33. The van der Waals surface area contributed by atoms with Gasteiger partial charge in [-0.3, -0.25) is 19.5 Å². The number of carbonyl (C=O) groups excluding carboxylic acids is 2. The van der Waals surface area contributed by atoms with Gasteiger partial charge in [-0.05, 0) is 18.6 Å². The second kappa shape index (κ2) is 4.74. The normalized spacial score (nSPS) is 15.2. The lowest BCUT2D eigenvalue weighted by Gasteiger charge is -2.09. The molecule has 1 aromatic heterocycles. The van der Waals surface area contributed by atoms with Crippen molar-refractivity contribution in [3.05, 3.63) is 47.8 Å². The van der Waals surface area contributed by atoms with Gasteiger partial charge in [0, 0.05) is 30.6 Å². The van der Waals surface area contributed by atoms with Crippen molar-refractivity contribution in [2.24, 2.45) is 0 Å². The Morgan fingerprint density at radius 2 is 1.94 bits per heavy atom. The van der Waals surface area contributed by atoms with Crippen LogP contribution in [0.15, 0.2) is 36.6 Å². The molecule has 0 aliphatic carbocycles. The number of aromatic nitrogens is 1. The highest BCUT2D eigenvalue weighted by atomic mass is 16.2. The van der Waals surface area contributed by atoms with Gasteiger partial charge < -0.3 is 0 Å². The molecule has 0 aromatic carbocycles. The second-order valence-electron chi connectivity index (χ2n) is 3.76. The Bertz CT molecular complexity index is 483. The summed E-state index contributed by atoms with van der Waals surface area (Å²) in [7, 11) is 0. The van der Waals surface area contributed by atoms with Crippen LogP contribution in [0.3, 0.4) is 0 Å². The third-order valence-electron chi connectivity index (χ3n) is 2.43. The van der Waals surface area contributed by atoms with Crippen LogP contribution in [0.25, 0.3) is 6.08 Å². The van der Waals surface area contributed by atoms with Crippen LogP contribution >= 0.6 is 0 Å². The van der Waals surface area contributed by atoms with E-state index in [1.807, 2.05) is 25.1 Å². The molecule has 0 spiro atoms. The maximum absolute atomic E-state index is 11.2. The molecule has 17 heavy (non-hydrogen) atoms. The molecule has 0 fully saturated rings. The highest BCUT2D eigenvalue weighted by Crippen LogP contribution is 2.05. The summed E-state index contributed by atoms with van der Waals surface area (Å²) in [6.07, 6.45) is 7.92. The van der Waals surface area contributed by atoms with Gasteiger partial charge in [-0.15, -0.1) is 0 Å². The number of aryl methyl sites for hydroxylation is 1. The zero-order chi connectivity index (χ0) is 12.3. The van der Waals surface area contributed by atoms with E-state index in [9.17, 15) is 9.59 Å². The summed E-state index contributed by atoms with van der Waals surface area (Å²) in [5.41, 5.74) is 1.90. The van der Waals surface area contributed by atoms with Crippen LogP contribution in [0.2, 0.25) is 0 Å². The summed E-state index contributed by atoms with van der Waals surface area (Å²) in [4.78, 5) is 27.8. The SMILES string of the molecule is Cc1ccc(/C=C/CN2C(=O)C=CC2=O)cn1. The summed E-state index contributed by atoms with van der Waals surface area (Å²) >= 11 is 0. The molecule has 1 aliphatic rings. The molecular weight excluding hydrogens is 216 g/mol. The van der Waals surface area contributed by atoms with Gasteiger partial charge >= 0.3 is 0 Å². The number of nitrogens with zero attached hydrogens (tertiary/aromatic N) is 2. The minimum absolute atomic E-state index is 0.262. The quantitative estimate of drug-likeness (QED) is 0.733. The molecule has 0 saturated carbocycles. The van der Waals surface area contributed by atoms with Gasteiger partial charge in [0.2, 0.25) is 0 Å². The minimum Gasteiger partial charge on any atom is -0.272 e. The summed E-state index contributed by atoms with van der Waals surface area (Å²) < 4.78 is 0. The number of imide groups is 1. The fourth-order valence-corrected chi connectivity index (χ4v) is 1.48. The van der Waals surface area contributed by atoms with E-state index >= 15 is 0 Å². The van der Waals surface area contributed by atoms with E-state index in [-0.39, 0.29) is 11.8 Å². The van der Waals surface area contributed by atoms with E-state index in [2.05, 4.69) is 4.98 Å². The zero-order valence-corrected chi connectivity index (χ0v) is 9.46. The number of hydrogen-bond acceptors (Lipinski definition) is 3. The minimum atomic E-state index is -0.262. The molecule has 0 N–H and O–H groups in total. The Hall–Kier alpha value is -2.23. The lowest BCUT2D eigenvalue weighted by Crippen LogP contribution is -2.29. The third-order valence-corrected chi connectivity index (χ3v) is 2.43. The van der Waals surface area contributed by atoms with Crippen molar-refractivity contribution >= 4 is 17.9 Å². The maximum atomic E-state index is 11.2. The first-order chi connectivity index (χ1) is 8.16. The van der Waals surface area contributed by atoms with Crippen LogP contribution in [0, 0.1) is 6.92 Å². The van der Waals surface area contributed by atoms with Crippen molar-refractivity contribution < 1.29 is 9.59 Å². The van der Waals surface area contributed by atoms with Crippen LogP contribution in [-0.2, 0) is 9.59 Å².